The number of methoxy groups -OCH3 is 1. The first-order valence-corrected chi connectivity index (χ1v) is 3.66. The minimum Gasteiger partial charge on any atom is -0.469 e. The summed E-state index contributed by atoms with van der Waals surface area (Å²) in [5.41, 5.74) is 5.23. The summed E-state index contributed by atoms with van der Waals surface area (Å²) in [5, 5.41) is 0. The van der Waals surface area contributed by atoms with E-state index in [2.05, 4.69) is 4.74 Å². The maximum atomic E-state index is 10.5. The fourth-order valence-corrected chi connectivity index (χ4v) is 0.545. The number of ether oxygens (including phenoxy) is 2. The Labute approximate surface area is 66.7 Å². The fourth-order valence-electron chi connectivity index (χ4n) is 0.545. The van der Waals surface area contributed by atoms with E-state index in [0.29, 0.717) is 26.2 Å². The maximum Gasteiger partial charge on any atom is 0.307 e. The minimum absolute atomic E-state index is 0.238. The lowest BCUT2D eigenvalue weighted by Crippen LogP contribution is -2.08. The second-order valence-electron chi connectivity index (χ2n) is 2.08. The number of nitrogens with two attached hydrogens (primary N) is 1. The molecule has 4 heteroatoms. The molecule has 0 rings (SSSR count). The summed E-state index contributed by atoms with van der Waals surface area (Å²) in [6.45, 7) is 1.67. The van der Waals surface area contributed by atoms with Crippen molar-refractivity contribution in [2.45, 2.75) is 12.8 Å². The Morgan fingerprint density at radius 3 is 2.73 bits per heavy atom. The highest BCUT2D eigenvalue weighted by Gasteiger charge is 1.97. The third kappa shape index (κ3) is 7.29. The van der Waals surface area contributed by atoms with Gasteiger partial charge in [-0.05, 0) is 13.0 Å². The number of rotatable bonds is 6. The number of carbonyl (C=O) groups excluding carboxylic acids is 1. The van der Waals surface area contributed by atoms with E-state index in [0.717, 1.165) is 6.42 Å². The SMILES string of the molecule is COC(=O)CCOCCCN. The molecule has 0 aromatic heterocycles. The third-order valence-electron chi connectivity index (χ3n) is 1.17. The van der Waals surface area contributed by atoms with Crippen LogP contribution in [0.3, 0.4) is 0 Å². The van der Waals surface area contributed by atoms with E-state index in [9.17, 15) is 4.79 Å². The quantitative estimate of drug-likeness (QED) is 0.437. The van der Waals surface area contributed by atoms with Crippen molar-refractivity contribution in [1.82, 2.24) is 0 Å². The molecule has 0 amide bonds. The Kier molecular flexibility index (Phi) is 7.08. The molecule has 66 valence electrons. The van der Waals surface area contributed by atoms with Gasteiger partial charge in [-0.3, -0.25) is 4.79 Å². The lowest BCUT2D eigenvalue weighted by molar-refractivity contribution is -0.141. The average molecular weight is 161 g/mol. The van der Waals surface area contributed by atoms with Gasteiger partial charge in [-0.1, -0.05) is 0 Å². The van der Waals surface area contributed by atoms with E-state index >= 15 is 0 Å². The van der Waals surface area contributed by atoms with Gasteiger partial charge in [0.15, 0.2) is 0 Å². The van der Waals surface area contributed by atoms with Crippen LogP contribution < -0.4 is 5.73 Å². The second-order valence-corrected chi connectivity index (χ2v) is 2.08. The summed E-state index contributed by atoms with van der Waals surface area (Å²) in [6.07, 6.45) is 1.16. The maximum absolute atomic E-state index is 10.5. The molecule has 0 aliphatic rings. The summed E-state index contributed by atoms with van der Waals surface area (Å²) >= 11 is 0. The molecular formula is C7H15NO3. The van der Waals surface area contributed by atoms with Gasteiger partial charge in [-0.2, -0.15) is 0 Å². The molecule has 0 saturated heterocycles. The highest BCUT2D eigenvalue weighted by Crippen LogP contribution is 1.87. The Bertz CT molecular complexity index is 106. The lowest BCUT2D eigenvalue weighted by atomic mass is 10.4. The molecule has 0 unspecified atom stereocenters. The molecule has 0 heterocycles. The zero-order chi connectivity index (χ0) is 8.53. The standard InChI is InChI=1S/C7H15NO3/c1-10-7(9)3-6-11-5-2-4-8/h2-6,8H2,1H3. The zero-order valence-corrected chi connectivity index (χ0v) is 6.84. The van der Waals surface area contributed by atoms with Gasteiger partial charge in [0.2, 0.25) is 0 Å². The largest absolute Gasteiger partial charge is 0.469 e. The summed E-state index contributed by atoms with van der Waals surface area (Å²) in [6, 6.07) is 0. The van der Waals surface area contributed by atoms with E-state index in [1.54, 1.807) is 0 Å². The molecule has 2 N–H and O–H groups in total. The van der Waals surface area contributed by atoms with Crippen molar-refractivity contribution in [2.24, 2.45) is 5.73 Å². The van der Waals surface area contributed by atoms with Crippen molar-refractivity contribution in [3.8, 4) is 0 Å². The van der Waals surface area contributed by atoms with Crippen molar-refractivity contribution in [3.63, 3.8) is 0 Å². The Morgan fingerprint density at radius 1 is 1.45 bits per heavy atom. The number of esters is 1. The molecular weight excluding hydrogens is 146 g/mol. The summed E-state index contributed by atoms with van der Waals surface area (Å²) in [4.78, 5) is 10.5. The predicted octanol–water partition coefficient (Wildman–Crippen LogP) is -0.0851. The third-order valence-corrected chi connectivity index (χ3v) is 1.17. The smallest absolute Gasteiger partial charge is 0.307 e. The van der Waals surface area contributed by atoms with E-state index < -0.39 is 0 Å². The molecule has 4 nitrogen and oxygen atoms in total. The van der Waals surface area contributed by atoms with Gasteiger partial charge in [-0.25, -0.2) is 0 Å². The molecule has 0 bridgehead atoms. The summed E-state index contributed by atoms with van der Waals surface area (Å²) < 4.78 is 9.48. The number of hydrogen-bond donors (Lipinski definition) is 1. The van der Waals surface area contributed by atoms with Crippen LogP contribution in [-0.2, 0) is 14.3 Å². The minimum atomic E-state index is -0.238. The monoisotopic (exact) mass is 161 g/mol. The Balaban J connectivity index is 2.95. The van der Waals surface area contributed by atoms with Gasteiger partial charge >= 0.3 is 5.97 Å². The number of carbonyl (C=O) groups is 1. The molecule has 0 saturated carbocycles. The van der Waals surface area contributed by atoms with Crippen molar-refractivity contribution >= 4 is 5.97 Å². The van der Waals surface area contributed by atoms with Crippen LogP contribution in [-0.4, -0.2) is 32.8 Å². The highest BCUT2D eigenvalue weighted by atomic mass is 16.5. The first-order chi connectivity index (χ1) is 5.31. The molecule has 0 radical (unpaired) electrons. The average Bonchev–Trinajstić information content (AvgIpc) is 2.04. The van der Waals surface area contributed by atoms with Crippen LogP contribution >= 0.6 is 0 Å². The van der Waals surface area contributed by atoms with Crippen molar-refractivity contribution in [1.29, 1.82) is 0 Å². The molecule has 0 fully saturated rings. The first kappa shape index (κ1) is 10.4. The molecule has 0 spiro atoms. The van der Waals surface area contributed by atoms with E-state index in [1.807, 2.05) is 0 Å². The predicted molar refractivity (Wildman–Crippen MR) is 41.1 cm³/mol. The number of hydrogen-bond acceptors (Lipinski definition) is 4. The highest BCUT2D eigenvalue weighted by molar-refractivity contribution is 5.69. The van der Waals surface area contributed by atoms with Crippen LogP contribution in [0.2, 0.25) is 0 Å². The van der Waals surface area contributed by atoms with Gasteiger partial charge in [0.1, 0.15) is 0 Å². The van der Waals surface area contributed by atoms with Crippen molar-refractivity contribution < 1.29 is 14.3 Å². The van der Waals surface area contributed by atoms with Crippen LogP contribution in [0.4, 0.5) is 0 Å². The van der Waals surface area contributed by atoms with E-state index in [1.165, 1.54) is 7.11 Å². The van der Waals surface area contributed by atoms with Gasteiger partial charge in [0, 0.05) is 6.61 Å². The fraction of sp³-hybridized carbons (Fsp3) is 0.857. The zero-order valence-electron chi connectivity index (χ0n) is 6.84. The molecule has 0 aliphatic carbocycles. The van der Waals surface area contributed by atoms with Crippen molar-refractivity contribution in [2.75, 3.05) is 26.9 Å². The van der Waals surface area contributed by atoms with E-state index in [-0.39, 0.29) is 5.97 Å². The van der Waals surface area contributed by atoms with Gasteiger partial charge < -0.3 is 15.2 Å². The van der Waals surface area contributed by atoms with Crippen LogP contribution in [0.25, 0.3) is 0 Å². The molecule has 0 atom stereocenters. The van der Waals surface area contributed by atoms with Crippen LogP contribution in [0.1, 0.15) is 12.8 Å². The molecule has 0 aromatic rings. The molecule has 11 heavy (non-hydrogen) atoms. The second kappa shape index (κ2) is 7.50. The van der Waals surface area contributed by atoms with Gasteiger partial charge in [0.05, 0.1) is 20.1 Å². The van der Waals surface area contributed by atoms with Gasteiger partial charge in [0.25, 0.3) is 0 Å². The summed E-state index contributed by atoms with van der Waals surface area (Å²) in [5.74, 6) is -0.238. The van der Waals surface area contributed by atoms with E-state index in [4.69, 9.17) is 10.5 Å². The van der Waals surface area contributed by atoms with Gasteiger partial charge in [-0.15, -0.1) is 0 Å². The topological polar surface area (TPSA) is 61.5 Å². The normalized spacial score (nSPS) is 9.64. The lowest BCUT2D eigenvalue weighted by Gasteiger charge is -2.00. The van der Waals surface area contributed by atoms with Crippen molar-refractivity contribution in [3.05, 3.63) is 0 Å². The summed E-state index contributed by atoms with van der Waals surface area (Å²) in [7, 11) is 1.36. The van der Waals surface area contributed by atoms with Crippen LogP contribution in [0, 0.1) is 0 Å². The van der Waals surface area contributed by atoms with Crippen LogP contribution in [0.15, 0.2) is 0 Å². The first-order valence-electron chi connectivity index (χ1n) is 3.66. The molecule has 0 aliphatic heterocycles. The van der Waals surface area contributed by atoms with Crippen LogP contribution in [0.5, 0.6) is 0 Å². The Morgan fingerprint density at radius 2 is 2.18 bits per heavy atom. The Hall–Kier alpha value is -0.610. The molecule has 0 aromatic carbocycles.